The van der Waals surface area contributed by atoms with Gasteiger partial charge < -0.3 is 10.2 Å². The first-order valence-corrected chi connectivity index (χ1v) is 15.0. The monoisotopic (exact) mass is 528 g/mol. The third kappa shape index (κ3) is 7.97. The summed E-state index contributed by atoms with van der Waals surface area (Å²) in [7, 11) is 0. The van der Waals surface area contributed by atoms with Gasteiger partial charge in [-0.05, 0) is 54.5 Å². The fourth-order valence-electron chi connectivity index (χ4n) is 5.17. The van der Waals surface area contributed by atoms with Crippen LogP contribution in [0.2, 0.25) is 0 Å². The van der Waals surface area contributed by atoms with Crippen molar-refractivity contribution in [3.63, 3.8) is 0 Å². The van der Waals surface area contributed by atoms with Crippen LogP contribution in [0.5, 0.6) is 0 Å². The van der Waals surface area contributed by atoms with Crippen LogP contribution in [0.15, 0.2) is 78.9 Å². The Balaban J connectivity index is 1.58. The molecule has 1 saturated carbocycles. The van der Waals surface area contributed by atoms with Crippen LogP contribution in [-0.4, -0.2) is 34.6 Å². The number of nitrogens with zero attached hydrogens (tertiary/aromatic N) is 1. The average Bonchev–Trinajstić information content (AvgIpc) is 2.93. The SMILES string of the molecule is Cc1ccccc1CSCC(=O)N(Cc1ccccc1C)[C@@H](Cc1ccccc1)C(=O)NC1CCCCC1. The highest BCUT2D eigenvalue weighted by Gasteiger charge is 2.32. The van der Waals surface area contributed by atoms with E-state index >= 15 is 0 Å². The Morgan fingerprint density at radius 3 is 2.11 bits per heavy atom. The van der Waals surface area contributed by atoms with Gasteiger partial charge in [0, 0.05) is 24.8 Å². The first-order valence-electron chi connectivity index (χ1n) is 13.8. The lowest BCUT2D eigenvalue weighted by Crippen LogP contribution is -2.53. The van der Waals surface area contributed by atoms with E-state index in [1.54, 1.807) is 11.8 Å². The third-order valence-corrected chi connectivity index (χ3v) is 8.54. The van der Waals surface area contributed by atoms with E-state index in [0.717, 1.165) is 48.1 Å². The van der Waals surface area contributed by atoms with Crippen LogP contribution < -0.4 is 5.32 Å². The molecule has 1 fully saturated rings. The molecule has 0 radical (unpaired) electrons. The van der Waals surface area contributed by atoms with Crippen LogP contribution in [-0.2, 0) is 28.3 Å². The summed E-state index contributed by atoms with van der Waals surface area (Å²) in [4.78, 5) is 29.6. The highest BCUT2D eigenvalue weighted by Crippen LogP contribution is 2.22. The minimum absolute atomic E-state index is 0.00608. The van der Waals surface area contributed by atoms with Crippen LogP contribution >= 0.6 is 11.8 Å². The van der Waals surface area contributed by atoms with E-state index in [1.165, 1.54) is 17.5 Å². The predicted molar refractivity (Wildman–Crippen MR) is 158 cm³/mol. The highest BCUT2D eigenvalue weighted by molar-refractivity contribution is 7.99. The Morgan fingerprint density at radius 2 is 1.45 bits per heavy atom. The van der Waals surface area contributed by atoms with E-state index in [1.807, 2.05) is 59.5 Å². The minimum atomic E-state index is -0.564. The summed E-state index contributed by atoms with van der Waals surface area (Å²) in [6, 6.07) is 26.2. The standard InChI is InChI=1S/C33H40N2O2S/c1-25-13-9-11-17-28(25)22-35(32(36)24-38-23-29-18-12-10-14-26(29)2)31(21-27-15-5-3-6-16-27)33(37)34-30-19-7-4-8-20-30/h3,5-6,9-18,30-31H,4,7-8,19-24H2,1-2H3,(H,34,37)/t31-/m0/s1. The second-order valence-corrected chi connectivity index (χ2v) is 11.4. The van der Waals surface area contributed by atoms with E-state index < -0.39 is 6.04 Å². The molecule has 2 amide bonds. The summed E-state index contributed by atoms with van der Waals surface area (Å²) in [5.41, 5.74) is 5.74. The minimum Gasteiger partial charge on any atom is -0.352 e. The normalized spacial score (nSPS) is 14.6. The van der Waals surface area contributed by atoms with Crippen molar-refractivity contribution in [2.45, 2.75) is 76.8 Å². The first-order chi connectivity index (χ1) is 18.5. The van der Waals surface area contributed by atoms with Crippen LogP contribution in [0, 0.1) is 13.8 Å². The fraction of sp³-hybridized carbons (Fsp3) is 0.394. The zero-order valence-corrected chi connectivity index (χ0v) is 23.5. The Bertz CT molecular complexity index is 1190. The summed E-state index contributed by atoms with van der Waals surface area (Å²) in [6.45, 7) is 4.60. The summed E-state index contributed by atoms with van der Waals surface area (Å²) in [5, 5.41) is 3.32. The van der Waals surface area contributed by atoms with Crippen molar-refractivity contribution in [1.82, 2.24) is 10.2 Å². The van der Waals surface area contributed by atoms with Crippen molar-refractivity contribution < 1.29 is 9.59 Å². The van der Waals surface area contributed by atoms with Crippen LogP contribution in [0.1, 0.15) is 59.9 Å². The summed E-state index contributed by atoms with van der Waals surface area (Å²) in [5.74, 6) is 1.08. The van der Waals surface area contributed by atoms with Crippen molar-refractivity contribution in [1.29, 1.82) is 0 Å². The molecular formula is C33H40N2O2S. The number of nitrogens with one attached hydrogen (secondary N) is 1. The highest BCUT2D eigenvalue weighted by atomic mass is 32.2. The zero-order valence-electron chi connectivity index (χ0n) is 22.7. The molecule has 1 atom stereocenters. The molecule has 0 aromatic heterocycles. The van der Waals surface area contributed by atoms with E-state index in [4.69, 9.17) is 0 Å². The number of carbonyl (C=O) groups is 2. The van der Waals surface area contributed by atoms with Crippen molar-refractivity contribution in [3.05, 3.63) is 107 Å². The quantitative estimate of drug-likeness (QED) is 0.304. The van der Waals surface area contributed by atoms with Gasteiger partial charge in [0.05, 0.1) is 5.75 Å². The molecule has 0 saturated heterocycles. The van der Waals surface area contributed by atoms with Crippen LogP contribution in [0.4, 0.5) is 0 Å². The molecule has 0 heterocycles. The summed E-state index contributed by atoms with van der Waals surface area (Å²) < 4.78 is 0. The number of hydrogen-bond acceptors (Lipinski definition) is 3. The van der Waals surface area contributed by atoms with Gasteiger partial charge >= 0.3 is 0 Å². The molecule has 0 unspecified atom stereocenters. The molecule has 3 aromatic carbocycles. The Labute approximate surface area is 232 Å². The summed E-state index contributed by atoms with van der Waals surface area (Å²) in [6.07, 6.45) is 6.06. The van der Waals surface area contributed by atoms with Gasteiger partial charge in [0.2, 0.25) is 11.8 Å². The largest absolute Gasteiger partial charge is 0.352 e. The lowest BCUT2D eigenvalue weighted by Gasteiger charge is -2.34. The number of rotatable bonds is 11. The van der Waals surface area contributed by atoms with Gasteiger partial charge in [-0.2, -0.15) is 0 Å². The topological polar surface area (TPSA) is 49.4 Å². The molecule has 0 aliphatic heterocycles. The smallest absolute Gasteiger partial charge is 0.243 e. The molecule has 4 nitrogen and oxygen atoms in total. The molecular weight excluding hydrogens is 488 g/mol. The molecule has 1 aliphatic rings. The number of hydrogen-bond donors (Lipinski definition) is 1. The van der Waals surface area contributed by atoms with E-state index in [0.29, 0.717) is 18.7 Å². The van der Waals surface area contributed by atoms with Gasteiger partial charge in [-0.1, -0.05) is 98.1 Å². The van der Waals surface area contributed by atoms with Gasteiger partial charge in [0.15, 0.2) is 0 Å². The van der Waals surface area contributed by atoms with Crippen molar-refractivity contribution in [2.75, 3.05) is 5.75 Å². The molecule has 200 valence electrons. The summed E-state index contributed by atoms with van der Waals surface area (Å²) >= 11 is 1.62. The molecule has 0 bridgehead atoms. The molecule has 1 N–H and O–H groups in total. The molecule has 4 rings (SSSR count). The van der Waals surface area contributed by atoms with Gasteiger partial charge in [0.25, 0.3) is 0 Å². The zero-order chi connectivity index (χ0) is 26.7. The van der Waals surface area contributed by atoms with Gasteiger partial charge in [-0.3, -0.25) is 9.59 Å². The van der Waals surface area contributed by atoms with Gasteiger partial charge in [0.1, 0.15) is 6.04 Å². The van der Waals surface area contributed by atoms with Crippen molar-refractivity contribution in [3.8, 4) is 0 Å². The maximum absolute atomic E-state index is 13.9. The van der Waals surface area contributed by atoms with E-state index in [2.05, 4.69) is 43.4 Å². The van der Waals surface area contributed by atoms with Gasteiger partial charge in [-0.25, -0.2) is 0 Å². The molecule has 3 aromatic rings. The number of carbonyl (C=O) groups excluding carboxylic acids is 2. The van der Waals surface area contributed by atoms with Gasteiger partial charge in [-0.15, -0.1) is 11.8 Å². The van der Waals surface area contributed by atoms with E-state index in [-0.39, 0.29) is 17.9 Å². The number of amides is 2. The maximum atomic E-state index is 13.9. The van der Waals surface area contributed by atoms with E-state index in [9.17, 15) is 9.59 Å². The Hall–Kier alpha value is -3.05. The van der Waals surface area contributed by atoms with Crippen molar-refractivity contribution >= 4 is 23.6 Å². The lowest BCUT2D eigenvalue weighted by atomic mass is 9.94. The second kappa shape index (κ2) is 14.2. The van der Waals surface area contributed by atoms with Crippen molar-refractivity contribution in [2.24, 2.45) is 0 Å². The molecule has 5 heteroatoms. The second-order valence-electron chi connectivity index (χ2n) is 10.4. The number of aryl methyl sites for hydroxylation is 2. The number of thioether (sulfide) groups is 1. The lowest BCUT2D eigenvalue weighted by molar-refractivity contribution is -0.139. The number of benzene rings is 3. The molecule has 1 aliphatic carbocycles. The fourth-order valence-corrected chi connectivity index (χ4v) is 6.16. The third-order valence-electron chi connectivity index (χ3n) is 7.57. The predicted octanol–water partition coefficient (Wildman–Crippen LogP) is 6.63. The molecule has 0 spiro atoms. The Morgan fingerprint density at radius 1 is 0.842 bits per heavy atom. The van der Waals surface area contributed by atoms with Crippen LogP contribution in [0.3, 0.4) is 0 Å². The Kier molecular flexibility index (Phi) is 10.5. The maximum Gasteiger partial charge on any atom is 0.243 e. The van der Waals surface area contributed by atoms with Crippen LogP contribution in [0.25, 0.3) is 0 Å². The average molecular weight is 529 g/mol. The first kappa shape index (κ1) is 28.0. The molecule has 38 heavy (non-hydrogen) atoms.